The number of carbonyl (C=O) groups excluding carboxylic acids is 1. The van der Waals surface area contributed by atoms with Crippen molar-refractivity contribution in [2.24, 2.45) is 7.05 Å². The van der Waals surface area contributed by atoms with Crippen molar-refractivity contribution in [3.63, 3.8) is 0 Å². The number of hydrogen-bond acceptors (Lipinski definition) is 5. The third-order valence-corrected chi connectivity index (χ3v) is 4.42. The first kappa shape index (κ1) is 15.1. The van der Waals surface area contributed by atoms with Crippen LogP contribution in [0.2, 0.25) is 0 Å². The maximum absolute atomic E-state index is 12.2. The maximum atomic E-state index is 12.2. The average Bonchev–Trinajstić information content (AvgIpc) is 3.08. The topological polar surface area (TPSA) is 126 Å². The summed E-state index contributed by atoms with van der Waals surface area (Å²) in [6, 6.07) is 7.07. The molecule has 23 heavy (non-hydrogen) atoms. The van der Waals surface area contributed by atoms with E-state index >= 15 is 0 Å². The number of H-pyrrole nitrogens is 1. The van der Waals surface area contributed by atoms with Crippen molar-refractivity contribution in [3.05, 3.63) is 52.8 Å². The van der Waals surface area contributed by atoms with Crippen molar-refractivity contribution >= 4 is 27.0 Å². The zero-order chi connectivity index (χ0) is 16.6. The van der Waals surface area contributed by atoms with E-state index in [-0.39, 0.29) is 10.5 Å². The molecular formula is C13H12N4O5S. The molecule has 0 saturated carbocycles. The Balaban J connectivity index is 1.81. The van der Waals surface area contributed by atoms with Gasteiger partial charge in [-0.05, 0) is 24.3 Å². The number of carbonyl (C=O) groups is 1. The van der Waals surface area contributed by atoms with Crippen LogP contribution in [0.1, 0.15) is 10.5 Å². The van der Waals surface area contributed by atoms with Crippen molar-refractivity contribution in [2.75, 3.05) is 0 Å². The van der Waals surface area contributed by atoms with Crippen LogP contribution in [-0.4, -0.2) is 23.9 Å². The van der Waals surface area contributed by atoms with E-state index in [1.165, 1.54) is 18.2 Å². The fourth-order valence-electron chi connectivity index (χ4n) is 2.03. The van der Waals surface area contributed by atoms with Gasteiger partial charge in [0.05, 0.1) is 10.4 Å². The van der Waals surface area contributed by atoms with Crippen molar-refractivity contribution in [2.45, 2.75) is 4.90 Å². The molecule has 0 bridgehead atoms. The van der Waals surface area contributed by atoms with Gasteiger partial charge in [-0.3, -0.25) is 15.2 Å². The van der Waals surface area contributed by atoms with Crippen LogP contribution in [-0.2, 0) is 17.1 Å². The molecule has 2 aromatic heterocycles. The number of sulfonamides is 1. The summed E-state index contributed by atoms with van der Waals surface area (Å²) >= 11 is 0. The highest BCUT2D eigenvalue weighted by molar-refractivity contribution is 7.89. The quantitative estimate of drug-likeness (QED) is 0.582. The number of aromatic nitrogens is 2. The van der Waals surface area contributed by atoms with Crippen molar-refractivity contribution in [3.8, 4) is 0 Å². The van der Waals surface area contributed by atoms with Gasteiger partial charge in [0.2, 0.25) is 0 Å². The molecule has 0 atom stereocenters. The second-order valence-corrected chi connectivity index (χ2v) is 6.42. The Kier molecular flexibility index (Phi) is 3.54. The van der Waals surface area contributed by atoms with Crippen LogP contribution in [0.5, 0.6) is 0 Å². The number of fused-ring (bicyclic) bond motifs is 1. The third kappa shape index (κ3) is 2.89. The van der Waals surface area contributed by atoms with E-state index in [1.807, 2.05) is 4.83 Å². The molecule has 0 unspecified atom stereocenters. The van der Waals surface area contributed by atoms with Crippen LogP contribution < -0.4 is 16.0 Å². The predicted molar refractivity (Wildman–Crippen MR) is 80.0 cm³/mol. The van der Waals surface area contributed by atoms with Crippen LogP contribution >= 0.6 is 0 Å². The SMILES string of the molecule is Cn1cccc1C(=O)NNS(=O)(=O)c1ccc2[nH]c(=O)oc2c1. The van der Waals surface area contributed by atoms with Gasteiger partial charge in [-0.15, -0.1) is 4.83 Å². The molecule has 3 aromatic rings. The molecule has 3 N–H and O–H groups in total. The molecule has 0 aliphatic heterocycles. The van der Waals surface area contributed by atoms with Gasteiger partial charge in [-0.25, -0.2) is 13.2 Å². The highest BCUT2D eigenvalue weighted by atomic mass is 32.2. The average molecular weight is 336 g/mol. The van der Waals surface area contributed by atoms with Crippen LogP contribution in [0.3, 0.4) is 0 Å². The molecule has 9 nitrogen and oxygen atoms in total. The summed E-state index contributed by atoms with van der Waals surface area (Å²) in [6.45, 7) is 0. The number of hydrogen-bond donors (Lipinski definition) is 3. The van der Waals surface area contributed by atoms with Crippen molar-refractivity contribution in [1.82, 2.24) is 19.8 Å². The molecular weight excluding hydrogens is 324 g/mol. The number of amides is 1. The summed E-state index contributed by atoms with van der Waals surface area (Å²) in [6.07, 6.45) is 1.66. The van der Waals surface area contributed by atoms with E-state index in [0.29, 0.717) is 11.2 Å². The first-order chi connectivity index (χ1) is 10.9. The summed E-state index contributed by atoms with van der Waals surface area (Å²) in [5.41, 5.74) is 2.89. The van der Waals surface area contributed by atoms with E-state index in [2.05, 4.69) is 10.4 Å². The number of aromatic amines is 1. The van der Waals surface area contributed by atoms with Gasteiger partial charge in [0.25, 0.3) is 15.9 Å². The normalized spacial score (nSPS) is 11.7. The molecule has 120 valence electrons. The predicted octanol–water partition coefficient (Wildman–Crippen LogP) is 0.0829. The summed E-state index contributed by atoms with van der Waals surface area (Å²) in [7, 11) is -2.35. The summed E-state index contributed by atoms with van der Waals surface area (Å²) in [5, 5.41) is 0. The molecule has 1 amide bonds. The number of nitrogens with one attached hydrogen (secondary N) is 3. The minimum Gasteiger partial charge on any atom is -0.408 e. The molecule has 2 heterocycles. The second kappa shape index (κ2) is 5.41. The minimum atomic E-state index is -4.01. The molecule has 0 saturated heterocycles. The Bertz CT molecular complexity index is 1040. The number of hydrazine groups is 1. The maximum Gasteiger partial charge on any atom is 0.417 e. The molecule has 0 spiro atoms. The van der Waals surface area contributed by atoms with Gasteiger partial charge in [-0.2, -0.15) is 0 Å². The lowest BCUT2D eigenvalue weighted by molar-refractivity contribution is 0.0937. The fraction of sp³-hybridized carbons (Fsp3) is 0.0769. The Morgan fingerprint density at radius 2 is 2.09 bits per heavy atom. The fourth-order valence-corrected chi connectivity index (χ4v) is 2.88. The Hall–Kier alpha value is -2.85. The number of oxazole rings is 1. The zero-order valence-corrected chi connectivity index (χ0v) is 12.7. The number of aryl methyl sites for hydroxylation is 1. The van der Waals surface area contributed by atoms with Gasteiger partial charge in [0, 0.05) is 19.3 Å². The molecule has 0 fully saturated rings. The van der Waals surface area contributed by atoms with Gasteiger partial charge in [0.1, 0.15) is 5.69 Å². The van der Waals surface area contributed by atoms with E-state index in [9.17, 15) is 18.0 Å². The van der Waals surface area contributed by atoms with E-state index in [0.717, 1.165) is 0 Å². The van der Waals surface area contributed by atoms with Crippen LogP contribution in [0.15, 0.2) is 50.6 Å². The van der Waals surface area contributed by atoms with Crippen LogP contribution in [0, 0.1) is 0 Å². The number of benzene rings is 1. The van der Waals surface area contributed by atoms with Crippen LogP contribution in [0.25, 0.3) is 11.1 Å². The van der Waals surface area contributed by atoms with E-state index in [1.54, 1.807) is 29.9 Å². The minimum absolute atomic E-state index is 0.103. The largest absolute Gasteiger partial charge is 0.417 e. The Morgan fingerprint density at radius 3 is 2.78 bits per heavy atom. The summed E-state index contributed by atoms with van der Waals surface area (Å²) < 4.78 is 30.7. The molecule has 0 radical (unpaired) electrons. The number of nitrogens with zero attached hydrogens (tertiary/aromatic N) is 1. The second-order valence-electron chi connectivity index (χ2n) is 4.74. The Morgan fingerprint density at radius 1 is 1.30 bits per heavy atom. The number of rotatable bonds is 4. The lowest BCUT2D eigenvalue weighted by Gasteiger charge is -2.08. The van der Waals surface area contributed by atoms with Crippen LogP contribution in [0.4, 0.5) is 0 Å². The summed E-state index contributed by atoms with van der Waals surface area (Å²) in [4.78, 5) is 27.2. The van der Waals surface area contributed by atoms with E-state index < -0.39 is 21.7 Å². The lowest BCUT2D eigenvalue weighted by atomic mass is 10.3. The first-order valence-electron chi connectivity index (χ1n) is 6.43. The third-order valence-electron chi connectivity index (χ3n) is 3.18. The van der Waals surface area contributed by atoms with Gasteiger partial charge in [-0.1, -0.05) is 0 Å². The van der Waals surface area contributed by atoms with Gasteiger partial charge >= 0.3 is 5.76 Å². The van der Waals surface area contributed by atoms with Crippen molar-refractivity contribution < 1.29 is 17.6 Å². The highest BCUT2D eigenvalue weighted by Gasteiger charge is 2.18. The first-order valence-corrected chi connectivity index (χ1v) is 7.91. The van der Waals surface area contributed by atoms with Crippen molar-refractivity contribution in [1.29, 1.82) is 0 Å². The monoisotopic (exact) mass is 336 g/mol. The van der Waals surface area contributed by atoms with Gasteiger partial charge in [0.15, 0.2) is 5.58 Å². The zero-order valence-electron chi connectivity index (χ0n) is 11.9. The summed E-state index contributed by atoms with van der Waals surface area (Å²) in [5.74, 6) is -1.28. The van der Waals surface area contributed by atoms with E-state index in [4.69, 9.17) is 4.42 Å². The highest BCUT2D eigenvalue weighted by Crippen LogP contribution is 2.16. The Labute approximate surface area is 129 Å². The molecule has 0 aliphatic carbocycles. The lowest BCUT2D eigenvalue weighted by Crippen LogP contribution is -2.42. The smallest absolute Gasteiger partial charge is 0.408 e. The van der Waals surface area contributed by atoms with Gasteiger partial charge < -0.3 is 8.98 Å². The molecule has 1 aromatic carbocycles. The molecule has 10 heteroatoms. The standard InChI is InChI=1S/C13H12N4O5S/c1-17-6-2-3-10(17)12(18)15-16-23(20,21)8-4-5-9-11(7-8)22-13(19)14-9/h2-7,16H,1H3,(H,14,19)(H,15,18). The molecule has 0 aliphatic rings. The molecule has 3 rings (SSSR count).